The number of hydrogen-bond acceptors (Lipinski definition) is 5. The summed E-state index contributed by atoms with van der Waals surface area (Å²) in [6.07, 6.45) is 4.82. The summed E-state index contributed by atoms with van der Waals surface area (Å²) in [4.78, 5) is 46.6. The lowest BCUT2D eigenvalue weighted by molar-refractivity contribution is -0.137. The minimum atomic E-state index is -0.493. The zero-order valence-corrected chi connectivity index (χ0v) is 17.6. The van der Waals surface area contributed by atoms with Crippen LogP contribution in [-0.4, -0.2) is 57.7 Å². The van der Waals surface area contributed by atoms with Crippen molar-refractivity contribution in [2.45, 2.75) is 31.5 Å². The van der Waals surface area contributed by atoms with Crippen LogP contribution in [0.5, 0.6) is 0 Å². The first-order valence-electron chi connectivity index (χ1n) is 10.9. The van der Waals surface area contributed by atoms with E-state index in [1.807, 2.05) is 36.4 Å². The molecule has 3 heterocycles. The van der Waals surface area contributed by atoms with E-state index in [0.717, 1.165) is 29.3 Å². The number of imide groups is 1. The van der Waals surface area contributed by atoms with Crippen molar-refractivity contribution in [1.82, 2.24) is 20.1 Å². The smallest absolute Gasteiger partial charge is 0.311 e. The molecule has 1 aromatic heterocycles. The molecule has 3 amide bonds. The van der Waals surface area contributed by atoms with E-state index >= 15 is 0 Å². The molecule has 2 fully saturated rings. The normalized spacial score (nSPS) is 21.0. The molecule has 1 N–H and O–H groups in total. The Labute approximate surface area is 186 Å². The van der Waals surface area contributed by atoms with Gasteiger partial charge in [-0.1, -0.05) is 36.4 Å². The SMILES string of the molecule is O=C(CN1C(=O)N(Cc2ccncc2)C(=O)C2NCCCC21)c1ccc2ccccc2c1. The van der Waals surface area contributed by atoms with Gasteiger partial charge < -0.3 is 10.2 Å². The number of rotatable bonds is 5. The fraction of sp³-hybridized carbons (Fsp3) is 0.280. The number of pyridine rings is 1. The van der Waals surface area contributed by atoms with Gasteiger partial charge in [0.15, 0.2) is 5.78 Å². The van der Waals surface area contributed by atoms with Crippen molar-refractivity contribution in [3.63, 3.8) is 0 Å². The maximum Gasteiger partial charge on any atom is 0.327 e. The highest BCUT2D eigenvalue weighted by Gasteiger charge is 2.47. The molecule has 2 unspecified atom stereocenters. The van der Waals surface area contributed by atoms with E-state index in [1.54, 1.807) is 35.5 Å². The molecule has 0 aliphatic carbocycles. The monoisotopic (exact) mass is 428 g/mol. The van der Waals surface area contributed by atoms with Crippen LogP contribution in [-0.2, 0) is 11.3 Å². The number of aromatic nitrogens is 1. The predicted molar refractivity (Wildman–Crippen MR) is 120 cm³/mol. The molecule has 2 aliphatic rings. The van der Waals surface area contributed by atoms with Crippen molar-refractivity contribution >= 4 is 28.5 Å². The third kappa shape index (κ3) is 3.76. The summed E-state index contributed by atoms with van der Waals surface area (Å²) in [6.45, 7) is 0.822. The second-order valence-corrected chi connectivity index (χ2v) is 8.32. The standard InChI is InChI=1S/C25H24N4O3/c30-22(20-8-7-18-4-1-2-5-19(18)14-20)16-28-21-6-3-11-27-23(21)24(31)29(25(28)32)15-17-9-12-26-13-10-17/h1-2,4-5,7-10,12-14,21,23,27H,3,6,11,15-16H2. The largest absolute Gasteiger partial charge is 0.327 e. The third-order valence-electron chi connectivity index (χ3n) is 6.31. The molecule has 2 saturated heterocycles. The van der Waals surface area contributed by atoms with Gasteiger partial charge in [0.1, 0.15) is 6.04 Å². The summed E-state index contributed by atoms with van der Waals surface area (Å²) in [5.74, 6) is -0.363. The highest BCUT2D eigenvalue weighted by atomic mass is 16.2. The van der Waals surface area contributed by atoms with Crippen LogP contribution in [0.15, 0.2) is 67.0 Å². The summed E-state index contributed by atoms with van der Waals surface area (Å²) in [6, 6.07) is 15.8. The number of piperidine rings is 1. The Balaban J connectivity index is 1.42. The van der Waals surface area contributed by atoms with Crippen LogP contribution in [0.25, 0.3) is 10.8 Å². The van der Waals surface area contributed by atoms with E-state index in [-0.39, 0.29) is 30.8 Å². The highest BCUT2D eigenvalue weighted by molar-refractivity contribution is 6.05. The van der Waals surface area contributed by atoms with Gasteiger partial charge in [-0.15, -0.1) is 0 Å². The number of urea groups is 1. The number of carbonyl (C=O) groups excluding carboxylic acids is 3. The van der Waals surface area contributed by atoms with Crippen LogP contribution in [0.1, 0.15) is 28.8 Å². The molecule has 2 aromatic carbocycles. The average Bonchev–Trinajstić information content (AvgIpc) is 2.84. The number of nitrogens with one attached hydrogen (secondary N) is 1. The number of hydrogen-bond donors (Lipinski definition) is 1. The Morgan fingerprint density at radius 1 is 1.03 bits per heavy atom. The lowest BCUT2D eigenvalue weighted by atomic mass is 9.92. The Bertz CT molecular complexity index is 1180. The first kappa shape index (κ1) is 20.3. The van der Waals surface area contributed by atoms with Crippen molar-refractivity contribution in [2.24, 2.45) is 0 Å². The van der Waals surface area contributed by atoms with Gasteiger partial charge in [-0.05, 0) is 53.9 Å². The van der Waals surface area contributed by atoms with Crippen molar-refractivity contribution in [3.8, 4) is 0 Å². The second-order valence-electron chi connectivity index (χ2n) is 8.32. The minimum Gasteiger partial charge on any atom is -0.311 e. The van der Waals surface area contributed by atoms with E-state index in [9.17, 15) is 14.4 Å². The van der Waals surface area contributed by atoms with Crippen LogP contribution in [0, 0.1) is 0 Å². The molecule has 0 saturated carbocycles. The van der Waals surface area contributed by atoms with E-state index < -0.39 is 12.1 Å². The molecule has 0 radical (unpaired) electrons. The topological polar surface area (TPSA) is 82.6 Å². The summed E-state index contributed by atoms with van der Waals surface area (Å²) in [5, 5.41) is 5.31. The summed E-state index contributed by atoms with van der Waals surface area (Å²) < 4.78 is 0. The van der Waals surface area contributed by atoms with Gasteiger partial charge in [0.25, 0.3) is 0 Å². The first-order chi connectivity index (χ1) is 15.6. The van der Waals surface area contributed by atoms with E-state index in [2.05, 4.69) is 10.3 Å². The van der Waals surface area contributed by atoms with Crippen molar-refractivity contribution in [1.29, 1.82) is 0 Å². The Hall–Kier alpha value is -3.58. The van der Waals surface area contributed by atoms with Crippen molar-refractivity contribution < 1.29 is 14.4 Å². The van der Waals surface area contributed by atoms with Crippen LogP contribution in [0.4, 0.5) is 4.79 Å². The molecular formula is C25H24N4O3. The van der Waals surface area contributed by atoms with Crippen LogP contribution in [0.2, 0.25) is 0 Å². The van der Waals surface area contributed by atoms with Gasteiger partial charge in [-0.2, -0.15) is 0 Å². The van der Waals surface area contributed by atoms with Crippen molar-refractivity contribution in [3.05, 3.63) is 78.1 Å². The summed E-state index contributed by atoms with van der Waals surface area (Å²) in [7, 11) is 0. The molecular weight excluding hydrogens is 404 g/mol. The fourth-order valence-electron chi connectivity index (χ4n) is 4.63. The zero-order valence-electron chi connectivity index (χ0n) is 17.6. The number of fused-ring (bicyclic) bond motifs is 2. The lowest BCUT2D eigenvalue weighted by Gasteiger charge is -2.46. The van der Waals surface area contributed by atoms with Gasteiger partial charge >= 0.3 is 6.03 Å². The maximum absolute atomic E-state index is 13.4. The van der Waals surface area contributed by atoms with Crippen LogP contribution in [0.3, 0.4) is 0 Å². The Morgan fingerprint density at radius 2 is 1.81 bits per heavy atom. The van der Waals surface area contributed by atoms with Gasteiger partial charge in [-0.25, -0.2) is 4.79 Å². The molecule has 7 nitrogen and oxygen atoms in total. The van der Waals surface area contributed by atoms with E-state index in [4.69, 9.17) is 0 Å². The Morgan fingerprint density at radius 3 is 2.62 bits per heavy atom. The van der Waals surface area contributed by atoms with Crippen molar-refractivity contribution in [2.75, 3.05) is 13.1 Å². The highest BCUT2D eigenvalue weighted by Crippen LogP contribution is 2.26. The molecule has 2 atom stereocenters. The molecule has 7 heteroatoms. The number of amides is 3. The maximum atomic E-state index is 13.4. The van der Waals surface area contributed by atoms with Gasteiger partial charge in [0.05, 0.1) is 19.1 Å². The molecule has 3 aromatic rings. The zero-order chi connectivity index (χ0) is 22.1. The number of ketones is 1. The fourth-order valence-corrected chi connectivity index (χ4v) is 4.63. The third-order valence-corrected chi connectivity index (χ3v) is 6.31. The first-order valence-corrected chi connectivity index (χ1v) is 10.9. The molecule has 162 valence electrons. The van der Waals surface area contributed by atoms with Crippen LogP contribution < -0.4 is 5.32 Å². The quantitative estimate of drug-likeness (QED) is 0.632. The van der Waals surface area contributed by atoms with Gasteiger partial charge in [-0.3, -0.25) is 19.5 Å². The van der Waals surface area contributed by atoms with Crippen LogP contribution >= 0.6 is 0 Å². The molecule has 2 aliphatic heterocycles. The molecule has 32 heavy (non-hydrogen) atoms. The number of carbonyl (C=O) groups is 3. The molecule has 5 rings (SSSR count). The number of benzene rings is 2. The number of nitrogens with zero attached hydrogens (tertiary/aromatic N) is 3. The van der Waals surface area contributed by atoms with E-state index in [0.29, 0.717) is 12.0 Å². The van der Waals surface area contributed by atoms with Gasteiger partial charge in [0, 0.05) is 18.0 Å². The summed E-state index contributed by atoms with van der Waals surface area (Å²) >= 11 is 0. The lowest BCUT2D eigenvalue weighted by Crippen LogP contribution is -2.69. The predicted octanol–water partition coefficient (Wildman–Crippen LogP) is 3.00. The average molecular weight is 428 g/mol. The van der Waals surface area contributed by atoms with E-state index in [1.165, 1.54) is 4.90 Å². The number of Topliss-reactive ketones (excluding diaryl/α,β-unsaturated/α-hetero) is 1. The molecule has 0 bridgehead atoms. The molecule has 0 spiro atoms. The summed E-state index contributed by atoms with van der Waals surface area (Å²) in [5.41, 5.74) is 1.38. The Kier molecular flexibility index (Phi) is 5.41. The minimum absolute atomic E-state index is 0.0554. The van der Waals surface area contributed by atoms with Gasteiger partial charge in [0.2, 0.25) is 5.91 Å². The second kappa shape index (κ2) is 8.51.